The second-order valence-electron chi connectivity index (χ2n) is 5.87. The molecule has 0 amide bonds. The Hall–Kier alpha value is -0.410. The predicted molar refractivity (Wildman–Crippen MR) is 76.9 cm³/mol. The molecule has 0 aliphatic heterocycles. The lowest BCUT2D eigenvalue weighted by Gasteiger charge is -2.27. The Balaban J connectivity index is 2.44. The number of nitrogens with zero attached hydrogens (tertiary/aromatic N) is 2. The first-order chi connectivity index (χ1) is 8.63. The summed E-state index contributed by atoms with van der Waals surface area (Å²) >= 11 is 0. The summed E-state index contributed by atoms with van der Waals surface area (Å²) in [5, 5.41) is 0. The molecule has 0 N–H and O–H groups in total. The molecule has 0 radical (unpaired) electrons. The second kappa shape index (κ2) is 8.65. The molecule has 1 fully saturated rings. The fourth-order valence-corrected chi connectivity index (χ4v) is 2.69. The molecule has 1 atom stereocenters. The van der Waals surface area contributed by atoms with E-state index in [4.69, 9.17) is 0 Å². The lowest BCUT2D eigenvalue weighted by atomic mass is 9.98. The summed E-state index contributed by atoms with van der Waals surface area (Å²) < 4.78 is 0. The number of Topliss-reactive ketones (excluding diaryl/α,β-unsaturated/α-hetero) is 1. The molecule has 3 nitrogen and oxygen atoms in total. The van der Waals surface area contributed by atoms with Crippen LogP contribution in [0.15, 0.2) is 0 Å². The monoisotopic (exact) mass is 254 g/mol. The van der Waals surface area contributed by atoms with Gasteiger partial charge in [-0.1, -0.05) is 19.8 Å². The van der Waals surface area contributed by atoms with Gasteiger partial charge >= 0.3 is 0 Å². The molecule has 0 bridgehead atoms. The summed E-state index contributed by atoms with van der Waals surface area (Å²) in [7, 11) is 4.22. The van der Waals surface area contributed by atoms with E-state index in [9.17, 15) is 4.79 Å². The van der Waals surface area contributed by atoms with E-state index in [0.717, 1.165) is 45.4 Å². The maximum atomic E-state index is 12.1. The summed E-state index contributed by atoms with van der Waals surface area (Å²) in [6.45, 7) is 6.50. The van der Waals surface area contributed by atoms with Crippen LogP contribution in [0.5, 0.6) is 0 Å². The van der Waals surface area contributed by atoms with Crippen LogP contribution in [-0.4, -0.2) is 55.9 Å². The van der Waals surface area contributed by atoms with Crippen molar-refractivity contribution >= 4 is 5.78 Å². The molecule has 1 rings (SSSR count). The first-order valence-corrected chi connectivity index (χ1v) is 7.53. The van der Waals surface area contributed by atoms with Crippen LogP contribution < -0.4 is 0 Å². The van der Waals surface area contributed by atoms with Crippen LogP contribution in [0.2, 0.25) is 0 Å². The maximum absolute atomic E-state index is 12.1. The van der Waals surface area contributed by atoms with Crippen molar-refractivity contribution in [1.82, 2.24) is 9.80 Å². The van der Waals surface area contributed by atoms with Gasteiger partial charge in [-0.25, -0.2) is 0 Å². The van der Waals surface area contributed by atoms with Crippen LogP contribution in [0.1, 0.15) is 45.4 Å². The average molecular weight is 254 g/mol. The van der Waals surface area contributed by atoms with E-state index in [1.54, 1.807) is 0 Å². The second-order valence-corrected chi connectivity index (χ2v) is 5.87. The van der Waals surface area contributed by atoms with E-state index in [-0.39, 0.29) is 0 Å². The lowest BCUT2D eigenvalue weighted by Crippen LogP contribution is -2.37. The van der Waals surface area contributed by atoms with Crippen LogP contribution in [-0.2, 0) is 4.79 Å². The Morgan fingerprint density at radius 2 is 1.89 bits per heavy atom. The Bertz CT molecular complexity index is 241. The normalized spacial score (nSPS) is 21.6. The van der Waals surface area contributed by atoms with Gasteiger partial charge in [0.25, 0.3) is 0 Å². The third-order valence-electron chi connectivity index (χ3n) is 3.81. The minimum absolute atomic E-state index is 0.307. The van der Waals surface area contributed by atoms with Crippen molar-refractivity contribution < 1.29 is 4.79 Å². The van der Waals surface area contributed by atoms with E-state index in [1.165, 1.54) is 19.3 Å². The van der Waals surface area contributed by atoms with Gasteiger partial charge in [0, 0.05) is 32.0 Å². The highest BCUT2D eigenvalue weighted by molar-refractivity contribution is 5.81. The number of hydrogen-bond acceptors (Lipinski definition) is 3. The minimum atomic E-state index is 0.307. The zero-order chi connectivity index (χ0) is 13.4. The van der Waals surface area contributed by atoms with E-state index >= 15 is 0 Å². The van der Waals surface area contributed by atoms with Gasteiger partial charge < -0.3 is 9.80 Å². The zero-order valence-corrected chi connectivity index (χ0v) is 12.5. The van der Waals surface area contributed by atoms with Gasteiger partial charge in [0.05, 0.1) is 0 Å². The van der Waals surface area contributed by atoms with Crippen LogP contribution in [0.3, 0.4) is 0 Å². The molecule has 18 heavy (non-hydrogen) atoms. The number of likely N-dealkylation sites (N-methyl/N-ethyl adjacent to an activating group) is 1. The highest BCUT2D eigenvalue weighted by Crippen LogP contribution is 2.21. The molecule has 106 valence electrons. The molecule has 1 aliphatic carbocycles. The minimum Gasteiger partial charge on any atom is -0.308 e. The third-order valence-corrected chi connectivity index (χ3v) is 3.81. The van der Waals surface area contributed by atoms with Crippen molar-refractivity contribution in [2.45, 2.75) is 45.4 Å². The molecule has 3 heteroatoms. The van der Waals surface area contributed by atoms with Crippen molar-refractivity contribution in [3.63, 3.8) is 0 Å². The molecular weight excluding hydrogens is 224 g/mol. The first kappa shape index (κ1) is 15.6. The molecule has 0 heterocycles. The average Bonchev–Trinajstić information content (AvgIpc) is 2.52. The SMILES string of the molecule is CCCN(CCN(C)C)CC1CCCCCC1=O. The number of rotatable bonds is 7. The maximum Gasteiger partial charge on any atom is 0.137 e. The molecular formula is C15H30N2O. The van der Waals surface area contributed by atoms with Gasteiger partial charge in [0.2, 0.25) is 0 Å². The van der Waals surface area contributed by atoms with Crippen molar-refractivity contribution in [2.24, 2.45) is 5.92 Å². The summed E-state index contributed by atoms with van der Waals surface area (Å²) in [6.07, 6.45) is 6.70. The molecule has 0 spiro atoms. The summed E-state index contributed by atoms with van der Waals surface area (Å²) in [5.41, 5.74) is 0. The fraction of sp³-hybridized carbons (Fsp3) is 0.933. The zero-order valence-electron chi connectivity index (χ0n) is 12.5. The lowest BCUT2D eigenvalue weighted by molar-refractivity contribution is -0.123. The van der Waals surface area contributed by atoms with E-state index < -0.39 is 0 Å². The molecule has 0 saturated heterocycles. The van der Waals surface area contributed by atoms with Gasteiger partial charge in [0.1, 0.15) is 5.78 Å². The van der Waals surface area contributed by atoms with Crippen LogP contribution >= 0.6 is 0 Å². The van der Waals surface area contributed by atoms with Crippen molar-refractivity contribution in [1.29, 1.82) is 0 Å². The van der Waals surface area contributed by atoms with Crippen LogP contribution in [0.4, 0.5) is 0 Å². The number of hydrogen-bond donors (Lipinski definition) is 0. The Kier molecular flexibility index (Phi) is 7.52. The molecule has 0 aromatic carbocycles. The van der Waals surface area contributed by atoms with Gasteiger partial charge in [-0.15, -0.1) is 0 Å². The van der Waals surface area contributed by atoms with Gasteiger partial charge in [-0.05, 0) is 39.9 Å². The summed E-state index contributed by atoms with van der Waals surface area (Å²) in [5.74, 6) is 0.819. The van der Waals surface area contributed by atoms with Crippen LogP contribution in [0.25, 0.3) is 0 Å². The molecule has 0 aromatic heterocycles. The number of carbonyl (C=O) groups excluding carboxylic acids is 1. The summed E-state index contributed by atoms with van der Waals surface area (Å²) in [4.78, 5) is 16.8. The van der Waals surface area contributed by atoms with Gasteiger partial charge in [0.15, 0.2) is 0 Å². The highest BCUT2D eigenvalue weighted by atomic mass is 16.1. The Morgan fingerprint density at radius 1 is 1.11 bits per heavy atom. The van der Waals surface area contributed by atoms with Crippen molar-refractivity contribution in [2.75, 3.05) is 40.3 Å². The Labute approximate surface area is 113 Å². The fourth-order valence-electron chi connectivity index (χ4n) is 2.69. The van der Waals surface area contributed by atoms with E-state index in [1.807, 2.05) is 0 Å². The topological polar surface area (TPSA) is 23.6 Å². The van der Waals surface area contributed by atoms with Crippen molar-refractivity contribution in [3.8, 4) is 0 Å². The first-order valence-electron chi connectivity index (χ1n) is 7.53. The summed E-state index contributed by atoms with van der Waals surface area (Å²) in [6, 6.07) is 0. The molecule has 1 unspecified atom stereocenters. The predicted octanol–water partition coefficient (Wildman–Crippen LogP) is 2.41. The number of carbonyl (C=O) groups is 1. The molecule has 1 saturated carbocycles. The Morgan fingerprint density at radius 3 is 2.56 bits per heavy atom. The largest absolute Gasteiger partial charge is 0.308 e. The van der Waals surface area contributed by atoms with Crippen LogP contribution in [0, 0.1) is 5.92 Å². The molecule has 0 aromatic rings. The van der Waals surface area contributed by atoms with Gasteiger partial charge in [-0.2, -0.15) is 0 Å². The van der Waals surface area contributed by atoms with Gasteiger partial charge in [-0.3, -0.25) is 4.79 Å². The number of ketones is 1. The van der Waals surface area contributed by atoms with E-state index in [0.29, 0.717) is 11.7 Å². The quantitative estimate of drug-likeness (QED) is 0.652. The van der Waals surface area contributed by atoms with Crippen molar-refractivity contribution in [3.05, 3.63) is 0 Å². The standard InChI is InChI=1S/C15H30N2O/c1-4-10-17(12-11-16(2)3)13-14-8-6-5-7-9-15(14)18/h14H,4-13H2,1-3H3. The molecule has 1 aliphatic rings. The smallest absolute Gasteiger partial charge is 0.137 e. The van der Waals surface area contributed by atoms with E-state index in [2.05, 4.69) is 30.8 Å². The highest BCUT2D eigenvalue weighted by Gasteiger charge is 2.22. The third kappa shape index (κ3) is 5.96.